The van der Waals surface area contributed by atoms with Crippen molar-refractivity contribution in [2.24, 2.45) is 5.73 Å². The number of carbonyl (C=O) groups excluding carboxylic acids is 1. The second-order valence-corrected chi connectivity index (χ2v) is 4.41. The van der Waals surface area contributed by atoms with Gasteiger partial charge in [-0.3, -0.25) is 9.78 Å². The average Bonchev–Trinajstić information content (AvgIpc) is 3.04. The summed E-state index contributed by atoms with van der Waals surface area (Å²) in [7, 11) is 0. The van der Waals surface area contributed by atoms with Crippen molar-refractivity contribution < 1.29 is 14.1 Å². The molecule has 22 heavy (non-hydrogen) atoms. The van der Waals surface area contributed by atoms with Crippen molar-refractivity contribution in [1.29, 1.82) is 0 Å². The molecule has 0 saturated carbocycles. The third kappa shape index (κ3) is 2.93. The molecule has 0 spiro atoms. The van der Waals surface area contributed by atoms with Crippen LogP contribution in [-0.4, -0.2) is 27.6 Å². The molecule has 1 amide bonds. The molecule has 0 radical (unpaired) electrons. The Bertz CT molecular complexity index is 786. The first-order chi connectivity index (χ1) is 10.7. The molecular weight excluding hydrogens is 284 g/mol. The van der Waals surface area contributed by atoms with Crippen molar-refractivity contribution in [2.75, 3.05) is 6.61 Å². The van der Waals surface area contributed by atoms with Crippen molar-refractivity contribution in [3.05, 3.63) is 48.8 Å². The molecule has 0 bridgehead atoms. The van der Waals surface area contributed by atoms with Crippen LogP contribution in [0.25, 0.3) is 22.8 Å². The fraction of sp³-hybridized carbons (Fsp3) is 0.0667. The Hall–Kier alpha value is -3.22. The van der Waals surface area contributed by atoms with Gasteiger partial charge >= 0.3 is 0 Å². The Morgan fingerprint density at radius 1 is 1.18 bits per heavy atom. The molecule has 0 unspecified atom stereocenters. The van der Waals surface area contributed by atoms with Gasteiger partial charge in [-0.1, -0.05) is 17.3 Å². The molecule has 3 aromatic rings. The third-order valence-electron chi connectivity index (χ3n) is 2.85. The van der Waals surface area contributed by atoms with Gasteiger partial charge in [0.25, 0.3) is 11.8 Å². The number of amides is 1. The van der Waals surface area contributed by atoms with Crippen molar-refractivity contribution in [3.63, 3.8) is 0 Å². The Morgan fingerprint density at radius 2 is 1.95 bits per heavy atom. The first-order valence-corrected chi connectivity index (χ1v) is 6.48. The highest BCUT2D eigenvalue weighted by Crippen LogP contribution is 2.29. The van der Waals surface area contributed by atoms with Crippen LogP contribution in [-0.2, 0) is 4.79 Å². The van der Waals surface area contributed by atoms with Gasteiger partial charge in [-0.2, -0.15) is 4.98 Å². The lowest BCUT2D eigenvalue weighted by Crippen LogP contribution is -2.20. The molecule has 2 N–H and O–H groups in total. The number of pyridine rings is 1. The summed E-state index contributed by atoms with van der Waals surface area (Å²) in [6.45, 7) is -0.220. The van der Waals surface area contributed by atoms with Gasteiger partial charge in [-0.25, -0.2) is 0 Å². The van der Waals surface area contributed by atoms with E-state index in [0.29, 0.717) is 23.0 Å². The first kappa shape index (κ1) is 13.7. The maximum Gasteiger partial charge on any atom is 0.262 e. The normalized spacial score (nSPS) is 10.4. The number of hydrogen-bond donors (Lipinski definition) is 1. The van der Waals surface area contributed by atoms with Gasteiger partial charge in [0.2, 0.25) is 5.82 Å². The minimum Gasteiger partial charge on any atom is -0.483 e. The molecule has 0 aliphatic carbocycles. The third-order valence-corrected chi connectivity index (χ3v) is 2.85. The molecule has 2 heterocycles. The predicted molar refractivity (Wildman–Crippen MR) is 77.7 cm³/mol. The van der Waals surface area contributed by atoms with Crippen molar-refractivity contribution in [1.82, 2.24) is 15.1 Å². The van der Waals surface area contributed by atoms with Crippen LogP contribution in [0, 0.1) is 0 Å². The molecule has 2 aromatic heterocycles. The number of aromatic nitrogens is 3. The summed E-state index contributed by atoms with van der Waals surface area (Å²) in [6, 6.07) is 10.6. The zero-order chi connectivity index (χ0) is 15.4. The van der Waals surface area contributed by atoms with Crippen LogP contribution >= 0.6 is 0 Å². The molecule has 0 aliphatic heterocycles. The largest absolute Gasteiger partial charge is 0.483 e. The summed E-state index contributed by atoms with van der Waals surface area (Å²) in [6.07, 6.45) is 3.30. The molecule has 0 saturated heterocycles. The van der Waals surface area contributed by atoms with Gasteiger partial charge in [0.05, 0.1) is 5.56 Å². The zero-order valence-corrected chi connectivity index (χ0v) is 11.5. The predicted octanol–water partition coefficient (Wildman–Crippen LogP) is 1.66. The molecule has 0 fully saturated rings. The van der Waals surface area contributed by atoms with E-state index in [9.17, 15) is 4.79 Å². The van der Waals surface area contributed by atoms with Crippen LogP contribution in [0.15, 0.2) is 53.3 Å². The Morgan fingerprint density at radius 3 is 2.73 bits per heavy atom. The van der Waals surface area contributed by atoms with Crippen molar-refractivity contribution in [3.8, 4) is 28.6 Å². The van der Waals surface area contributed by atoms with E-state index in [4.69, 9.17) is 15.0 Å². The molecular formula is C15H12N4O3. The molecule has 7 nitrogen and oxygen atoms in total. The highest BCUT2D eigenvalue weighted by atomic mass is 16.5. The highest BCUT2D eigenvalue weighted by Gasteiger charge is 2.15. The van der Waals surface area contributed by atoms with Gasteiger partial charge in [0.15, 0.2) is 6.61 Å². The summed E-state index contributed by atoms with van der Waals surface area (Å²) in [4.78, 5) is 19.1. The fourth-order valence-corrected chi connectivity index (χ4v) is 1.87. The molecule has 110 valence electrons. The number of benzene rings is 1. The lowest BCUT2D eigenvalue weighted by atomic mass is 10.2. The smallest absolute Gasteiger partial charge is 0.262 e. The van der Waals surface area contributed by atoms with E-state index in [1.165, 1.54) is 0 Å². The summed E-state index contributed by atoms with van der Waals surface area (Å²) in [5, 5.41) is 3.94. The summed E-state index contributed by atoms with van der Waals surface area (Å²) in [5.74, 6) is 0.637. The number of hydrogen-bond acceptors (Lipinski definition) is 6. The van der Waals surface area contributed by atoms with Gasteiger partial charge in [-0.15, -0.1) is 0 Å². The van der Waals surface area contributed by atoms with Crippen LogP contribution in [0.2, 0.25) is 0 Å². The van der Waals surface area contributed by atoms with Gasteiger partial charge in [-0.05, 0) is 24.3 Å². The van der Waals surface area contributed by atoms with E-state index in [0.717, 1.165) is 5.56 Å². The molecule has 0 aliphatic rings. The van der Waals surface area contributed by atoms with Crippen LogP contribution < -0.4 is 10.5 Å². The topological polar surface area (TPSA) is 104 Å². The van der Waals surface area contributed by atoms with E-state index in [1.807, 2.05) is 6.07 Å². The summed E-state index contributed by atoms with van der Waals surface area (Å²) < 4.78 is 10.6. The number of rotatable bonds is 5. The SMILES string of the molecule is NC(=O)COc1ccccc1-c1nc(-c2ccncc2)no1. The minimum absolute atomic E-state index is 0.220. The number of nitrogens with two attached hydrogens (primary N) is 1. The standard InChI is InChI=1S/C15H12N4O3/c16-13(20)9-21-12-4-2-1-3-11(12)15-18-14(19-22-15)10-5-7-17-8-6-10/h1-8H,9H2,(H2,16,20). The quantitative estimate of drug-likeness (QED) is 0.767. The van der Waals surface area contributed by atoms with Gasteiger partial charge in [0.1, 0.15) is 5.75 Å². The van der Waals surface area contributed by atoms with Crippen LogP contribution in [0.3, 0.4) is 0 Å². The number of primary amides is 1. The number of carbonyl (C=O) groups is 1. The minimum atomic E-state index is -0.558. The summed E-state index contributed by atoms with van der Waals surface area (Å²) >= 11 is 0. The zero-order valence-electron chi connectivity index (χ0n) is 11.5. The Kier molecular flexibility index (Phi) is 3.78. The molecule has 1 aromatic carbocycles. The summed E-state index contributed by atoms with van der Waals surface area (Å²) in [5.41, 5.74) is 6.47. The van der Waals surface area contributed by atoms with Crippen molar-refractivity contribution in [2.45, 2.75) is 0 Å². The maximum atomic E-state index is 10.8. The highest BCUT2D eigenvalue weighted by molar-refractivity contribution is 5.76. The second kappa shape index (κ2) is 6.04. The lowest BCUT2D eigenvalue weighted by Gasteiger charge is -2.06. The van der Waals surface area contributed by atoms with Gasteiger partial charge < -0.3 is 15.0 Å². The second-order valence-electron chi connectivity index (χ2n) is 4.41. The van der Waals surface area contributed by atoms with E-state index in [-0.39, 0.29) is 6.61 Å². The molecule has 0 atom stereocenters. The molecule has 7 heteroatoms. The molecule has 3 rings (SSSR count). The monoisotopic (exact) mass is 296 g/mol. The fourth-order valence-electron chi connectivity index (χ4n) is 1.87. The van der Waals surface area contributed by atoms with Crippen LogP contribution in [0.4, 0.5) is 0 Å². The van der Waals surface area contributed by atoms with E-state index in [2.05, 4.69) is 15.1 Å². The van der Waals surface area contributed by atoms with E-state index >= 15 is 0 Å². The van der Waals surface area contributed by atoms with E-state index in [1.54, 1.807) is 42.7 Å². The number of para-hydroxylation sites is 1. The van der Waals surface area contributed by atoms with Crippen LogP contribution in [0.1, 0.15) is 0 Å². The maximum absolute atomic E-state index is 10.8. The van der Waals surface area contributed by atoms with Crippen molar-refractivity contribution >= 4 is 5.91 Å². The van der Waals surface area contributed by atoms with E-state index < -0.39 is 5.91 Å². The number of nitrogens with zero attached hydrogens (tertiary/aromatic N) is 3. The van der Waals surface area contributed by atoms with Crippen LogP contribution in [0.5, 0.6) is 5.75 Å². The number of ether oxygens (including phenoxy) is 1. The average molecular weight is 296 g/mol. The lowest BCUT2D eigenvalue weighted by molar-refractivity contribution is -0.119. The Labute approximate surface area is 125 Å². The Balaban J connectivity index is 1.92. The van der Waals surface area contributed by atoms with Gasteiger partial charge in [0, 0.05) is 18.0 Å². The first-order valence-electron chi connectivity index (χ1n) is 6.48.